The standard InChI is InChI=1S/C21H18FN3OS/c1-13-25-19(20(27-13)14-6-8-16(22)9-7-14)21(26)23-11-10-15-12-24-18-5-3-2-4-17(15)18/h2-9,12,24H,10-11H2,1H3,(H,23,26). The predicted octanol–water partition coefficient (Wildman–Crippen LogP) is 4.71. The highest BCUT2D eigenvalue weighted by molar-refractivity contribution is 7.15. The Bertz CT molecular complexity index is 1100. The minimum Gasteiger partial charge on any atom is -0.361 e. The zero-order valence-corrected chi connectivity index (χ0v) is 15.6. The van der Waals surface area contributed by atoms with Crippen molar-refractivity contribution in [3.05, 3.63) is 76.8 Å². The highest BCUT2D eigenvalue weighted by atomic mass is 32.1. The quantitative estimate of drug-likeness (QED) is 0.527. The topological polar surface area (TPSA) is 57.8 Å². The van der Waals surface area contributed by atoms with Gasteiger partial charge in [-0.25, -0.2) is 9.37 Å². The van der Waals surface area contributed by atoms with Crippen molar-refractivity contribution < 1.29 is 9.18 Å². The molecule has 0 fully saturated rings. The van der Waals surface area contributed by atoms with E-state index in [4.69, 9.17) is 0 Å². The van der Waals surface area contributed by atoms with Gasteiger partial charge in [-0.2, -0.15) is 0 Å². The lowest BCUT2D eigenvalue weighted by molar-refractivity contribution is 0.0950. The van der Waals surface area contributed by atoms with E-state index in [1.54, 1.807) is 12.1 Å². The summed E-state index contributed by atoms with van der Waals surface area (Å²) in [6, 6.07) is 14.2. The number of benzene rings is 2. The number of fused-ring (bicyclic) bond motifs is 1. The number of halogens is 1. The van der Waals surface area contributed by atoms with Gasteiger partial charge in [0.15, 0.2) is 0 Å². The molecule has 0 saturated heterocycles. The second-order valence-electron chi connectivity index (χ2n) is 6.28. The van der Waals surface area contributed by atoms with E-state index in [1.807, 2.05) is 31.3 Å². The second-order valence-corrected chi connectivity index (χ2v) is 7.49. The monoisotopic (exact) mass is 379 g/mol. The number of amides is 1. The third kappa shape index (κ3) is 3.61. The molecule has 0 spiro atoms. The minimum atomic E-state index is -0.301. The highest BCUT2D eigenvalue weighted by Gasteiger charge is 2.18. The summed E-state index contributed by atoms with van der Waals surface area (Å²) in [5.74, 6) is -0.511. The number of hydrogen-bond donors (Lipinski definition) is 2. The molecule has 0 saturated carbocycles. The van der Waals surface area contributed by atoms with E-state index in [0.717, 1.165) is 27.4 Å². The van der Waals surface area contributed by atoms with Crippen LogP contribution in [0, 0.1) is 12.7 Å². The van der Waals surface area contributed by atoms with Crippen molar-refractivity contribution in [2.45, 2.75) is 13.3 Å². The molecule has 4 aromatic rings. The molecular formula is C21H18FN3OS. The fraction of sp³-hybridized carbons (Fsp3) is 0.143. The fourth-order valence-corrected chi connectivity index (χ4v) is 4.03. The van der Waals surface area contributed by atoms with Crippen LogP contribution in [-0.4, -0.2) is 22.4 Å². The molecule has 2 N–H and O–H groups in total. The number of aromatic amines is 1. The van der Waals surface area contributed by atoms with E-state index in [-0.39, 0.29) is 11.7 Å². The first-order valence-corrected chi connectivity index (χ1v) is 9.50. The maximum absolute atomic E-state index is 13.2. The zero-order chi connectivity index (χ0) is 18.8. The van der Waals surface area contributed by atoms with Gasteiger partial charge in [-0.15, -0.1) is 11.3 Å². The SMILES string of the molecule is Cc1nc(C(=O)NCCc2c[nH]c3ccccc23)c(-c2ccc(F)cc2)s1. The van der Waals surface area contributed by atoms with Crippen LogP contribution in [-0.2, 0) is 6.42 Å². The van der Waals surface area contributed by atoms with Crippen LogP contribution < -0.4 is 5.32 Å². The molecule has 4 rings (SSSR count). The molecule has 136 valence electrons. The van der Waals surface area contributed by atoms with Gasteiger partial charge in [0, 0.05) is 23.6 Å². The number of carbonyl (C=O) groups is 1. The van der Waals surface area contributed by atoms with Crippen molar-refractivity contribution in [2.75, 3.05) is 6.54 Å². The van der Waals surface area contributed by atoms with Gasteiger partial charge in [0.2, 0.25) is 0 Å². The molecule has 0 radical (unpaired) electrons. The Hall–Kier alpha value is -2.99. The molecule has 0 bridgehead atoms. The Morgan fingerprint density at radius 1 is 1.19 bits per heavy atom. The Labute approximate surface area is 160 Å². The number of nitrogens with one attached hydrogen (secondary N) is 2. The third-order valence-corrected chi connectivity index (χ3v) is 5.43. The molecule has 2 aromatic carbocycles. The van der Waals surface area contributed by atoms with E-state index in [9.17, 15) is 9.18 Å². The van der Waals surface area contributed by atoms with Gasteiger partial charge >= 0.3 is 0 Å². The number of H-pyrrole nitrogens is 1. The first kappa shape index (κ1) is 17.4. The Morgan fingerprint density at radius 3 is 2.78 bits per heavy atom. The summed E-state index contributed by atoms with van der Waals surface area (Å²) in [5, 5.41) is 4.93. The van der Waals surface area contributed by atoms with Gasteiger partial charge < -0.3 is 10.3 Å². The van der Waals surface area contributed by atoms with E-state index in [0.29, 0.717) is 12.2 Å². The molecule has 0 aliphatic rings. The summed E-state index contributed by atoms with van der Waals surface area (Å²) in [6.07, 6.45) is 2.71. The average Bonchev–Trinajstić information content (AvgIpc) is 3.26. The molecule has 0 aliphatic carbocycles. The molecule has 27 heavy (non-hydrogen) atoms. The van der Waals surface area contributed by atoms with Crippen molar-refractivity contribution in [2.24, 2.45) is 0 Å². The Morgan fingerprint density at radius 2 is 1.96 bits per heavy atom. The number of thiazole rings is 1. The first-order chi connectivity index (χ1) is 13.1. The van der Waals surface area contributed by atoms with Crippen molar-refractivity contribution in [3.63, 3.8) is 0 Å². The summed E-state index contributed by atoms with van der Waals surface area (Å²) in [6.45, 7) is 2.38. The smallest absolute Gasteiger partial charge is 0.271 e. The van der Waals surface area contributed by atoms with Crippen molar-refractivity contribution in [3.8, 4) is 10.4 Å². The van der Waals surface area contributed by atoms with Crippen molar-refractivity contribution in [1.82, 2.24) is 15.3 Å². The lowest BCUT2D eigenvalue weighted by Crippen LogP contribution is -2.26. The maximum Gasteiger partial charge on any atom is 0.271 e. The van der Waals surface area contributed by atoms with Crippen LogP contribution in [0.15, 0.2) is 54.7 Å². The van der Waals surface area contributed by atoms with Crippen LogP contribution in [0.1, 0.15) is 21.1 Å². The van der Waals surface area contributed by atoms with Gasteiger partial charge in [0.1, 0.15) is 11.5 Å². The second kappa shape index (κ2) is 7.32. The summed E-state index contributed by atoms with van der Waals surface area (Å²) < 4.78 is 13.2. The zero-order valence-electron chi connectivity index (χ0n) is 14.8. The van der Waals surface area contributed by atoms with Crippen molar-refractivity contribution in [1.29, 1.82) is 0 Å². The van der Waals surface area contributed by atoms with E-state index >= 15 is 0 Å². The minimum absolute atomic E-state index is 0.210. The van der Waals surface area contributed by atoms with Crippen LogP contribution in [0.2, 0.25) is 0 Å². The molecule has 4 nitrogen and oxygen atoms in total. The van der Waals surface area contributed by atoms with E-state index < -0.39 is 0 Å². The van der Waals surface area contributed by atoms with Crippen molar-refractivity contribution >= 4 is 28.1 Å². The normalized spacial score (nSPS) is 11.0. The number of rotatable bonds is 5. The molecule has 2 heterocycles. The van der Waals surface area contributed by atoms with Crippen LogP contribution >= 0.6 is 11.3 Å². The molecule has 0 unspecified atom stereocenters. The Balaban J connectivity index is 1.48. The molecule has 2 aromatic heterocycles. The van der Waals surface area contributed by atoms with E-state index in [1.165, 1.54) is 34.4 Å². The third-order valence-electron chi connectivity index (χ3n) is 4.41. The molecule has 1 amide bonds. The predicted molar refractivity (Wildman–Crippen MR) is 107 cm³/mol. The lowest BCUT2D eigenvalue weighted by atomic mass is 10.1. The molecule has 6 heteroatoms. The maximum atomic E-state index is 13.2. The molecule has 0 atom stereocenters. The number of aryl methyl sites for hydroxylation is 1. The summed E-state index contributed by atoms with van der Waals surface area (Å²) in [4.78, 5) is 21.0. The van der Waals surface area contributed by atoms with Gasteiger partial charge in [-0.05, 0) is 42.7 Å². The molecular weight excluding hydrogens is 361 g/mol. The number of nitrogens with zero attached hydrogens (tertiary/aromatic N) is 1. The van der Waals surface area contributed by atoms with Gasteiger partial charge in [0.25, 0.3) is 5.91 Å². The van der Waals surface area contributed by atoms with Crippen LogP contribution in [0.25, 0.3) is 21.3 Å². The number of para-hydroxylation sites is 1. The number of hydrogen-bond acceptors (Lipinski definition) is 3. The number of carbonyl (C=O) groups excluding carboxylic acids is 1. The summed E-state index contributed by atoms with van der Waals surface area (Å²) >= 11 is 1.44. The van der Waals surface area contributed by atoms with Crippen LogP contribution in [0.5, 0.6) is 0 Å². The summed E-state index contributed by atoms with van der Waals surface area (Å²) in [5.41, 5.74) is 3.44. The lowest BCUT2D eigenvalue weighted by Gasteiger charge is -2.05. The fourth-order valence-electron chi connectivity index (χ4n) is 3.11. The molecule has 0 aliphatic heterocycles. The largest absolute Gasteiger partial charge is 0.361 e. The first-order valence-electron chi connectivity index (χ1n) is 8.68. The Kier molecular flexibility index (Phi) is 4.73. The van der Waals surface area contributed by atoms with Crippen LogP contribution in [0.4, 0.5) is 4.39 Å². The van der Waals surface area contributed by atoms with Gasteiger partial charge in [-0.1, -0.05) is 30.3 Å². The summed E-state index contributed by atoms with van der Waals surface area (Å²) in [7, 11) is 0. The van der Waals surface area contributed by atoms with Gasteiger partial charge in [0.05, 0.1) is 9.88 Å². The van der Waals surface area contributed by atoms with Gasteiger partial charge in [-0.3, -0.25) is 4.79 Å². The average molecular weight is 379 g/mol. The highest BCUT2D eigenvalue weighted by Crippen LogP contribution is 2.30. The van der Waals surface area contributed by atoms with Crippen LogP contribution in [0.3, 0.4) is 0 Å². The van der Waals surface area contributed by atoms with E-state index in [2.05, 4.69) is 21.4 Å². The number of aromatic nitrogens is 2.